The number of hydrogen-bond acceptors (Lipinski definition) is 5. The van der Waals surface area contributed by atoms with Crippen LogP contribution in [-0.2, 0) is 9.53 Å². The molecule has 5 heteroatoms. The van der Waals surface area contributed by atoms with Gasteiger partial charge in [-0.3, -0.25) is 4.79 Å². The van der Waals surface area contributed by atoms with Crippen LogP contribution in [0.5, 0.6) is 0 Å². The van der Waals surface area contributed by atoms with E-state index in [0.29, 0.717) is 12.8 Å². The van der Waals surface area contributed by atoms with Gasteiger partial charge in [0.1, 0.15) is 0 Å². The topological polar surface area (TPSA) is 87.0 Å². The first-order valence-electron chi connectivity index (χ1n) is 12.8. The van der Waals surface area contributed by atoms with Crippen molar-refractivity contribution >= 4 is 5.78 Å². The van der Waals surface area contributed by atoms with E-state index in [-0.39, 0.29) is 47.6 Å². The van der Waals surface area contributed by atoms with E-state index < -0.39 is 17.1 Å². The molecule has 0 aromatic heterocycles. The highest BCUT2D eigenvalue weighted by molar-refractivity contribution is 5.92. The first kappa shape index (κ1) is 25.6. The third-order valence-corrected chi connectivity index (χ3v) is 9.73. The Bertz CT molecular complexity index is 950. The summed E-state index contributed by atoms with van der Waals surface area (Å²) in [5.41, 5.74) is 2.04. The Morgan fingerprint density at radius 1 is 1.24 bits per heavy atom. The lowest BCUT2D eigenvalue weighted by Crippen LogP contribution is -2.49. The molecule has 1 saturated carbocycles. The standard InChI is InChI=1S/C29H42O5/c1-17(7-8-19(16-30)27(2,3)33)22-14-24(34-6)26-21-10-9-18-13-20(31)11-12-28(18,4)23(21)15-25(32)29(22,26)5/h7-10,13,17,19,22-25,30,32-33H,11-12,14-16H2,1-6H3/b8-7+/t17-,19-,22-,23+,24+,25-,28+,29+/m1/s1. The SMILES string of the molecule is CO[C@H]1C[C@H]([C@H](C)/C=C/[C@H](CO)C(C)(C)O)[C@]2(C)C1=C1C=CC3=CC(=O)CC[C@]3(C)[C@H]1C[C@H]2O. The largest absolute Gasteiger partial charge is 0.396 e. The Balaban J connectivity index is 1.75. The van der Waals surface area contributed by atoms with Crippen LogP contribution in [0.4, 0.5) is 0 Å². The molecule has 0 amide bonds. The molecule has 34 heavy (non-hydrogen) atoms. The van der Waals surface area contributed by atoms with Crippen LogP contribution in [0.25, 0.3) is 0 Å². The van der Waals surface area contributed by atoms with Crippen LogP contribution in [0.15, 0.2) is 47.1 Å². The smallest absolute Gasteiger partial charge is 0.156 e. The van der Waals surface area contributed by atoms with Gasteiger partial charge in [-0.25, -0.2) is 0 Å². The second-order valence-electron chi connectivity index (χ2n) is 12.0. The lowest BCUT2D eigenvalue weighted by molar-refractivity contribution is -0.116. The Morgan fingerprint density at radius 3 is 2.56 bits per heavy atom. The fourth-order valence-corrected chi connectivity index (χ4v) is 7.32. The number of carbonyl (C=O) groups excluding carboxylic acids is 1. The summed E-state index contributed by atoms with van der Waals surface area (Å²) < 4.78 is 6.03. The van der Waals surface area contributed by atoms with Crippen molar-refractivity contribution < 1.29 is 24.9 Å². The zero-order chi connectivity index (χ0) is 25.1. The molecule has 1 fully saturated rings. The Morgan fingerprint density at radius 2 is 1.94 bits per heavy atom. The number of hydrogen-bond donors (Lipinski definition) is 3. The van der Waals surface area contributed by atoms with Gasteiger partial charge in [0.05, 0.1) is 24.4 Å². The molecule has 0 radical (unpaired) electrons. The maximum absolute atomic E-state index is 12.1. The number of ketones is 1. The predicted molar refractivity (Wildman–Crippen MR) is 133 cm³/mol. The number of fused-ring (bicyclic) bond motifs is 4. The lowest BCUT2D eigenvalue weighted by Gasteiger charge is -2.53. The van der Waals surface area contributed by atoms with Gasteiger partial charge in [0.25, 0.3) is 0 Å². The van der Waals surface area contributed by atoms with Gasteiger partial charge in [-0.05, 0) is 79.1 Å². The van der Waals surface area contributed by atoms with Gasteiger partial charge in [-0.2, -0.15) is 0 Å². The van der Waals surface area contributed by atoms with E-state index in [9.17, 15) is 20.1 Å². The van der Waals surface area contributed by atoms with Crippen molar-refractivity contribution in [3.63, 3.8) is 0 Å². The highest BCUT2D eigenvalue weighted by Gasteiger charge is 2.60. The van der Waals surface area contributed by atoms with Gasteiger partial charge in [-0.1, -0.05) is 45.1 Å². The van der Waals surface area contributed by atoms with Crippen molar-refractivity contribution in [2.24, 2.45) is 34.5 Å². The number of rotatable bonds is 6. The molecule has 8 atom stereocenters. The van der Waals surface area contributed by atoms with Crippen molar-refractivity contribution in [1.82, 2.24) is 0 Å². The fraction of sp³-hybridized carbons (Fsp3) is 0.690. The molecule has 0 aromatic rings. The van der Waals surface area contributed by atoms with E-state index >= 15 is 0 Å². The number of aliphatic hydroxyl groups is 3. The normalized spacial score (nSPS) is 39.6. The summed E-state index contributed by atoms with van der Waals surface area (Å²) in [4.78, 5) is 12.1. The van der Waals surface area contributed by atoms with Crippen LogP contribution in [0.1, 0.15) is 60.3 Å². The van der Waals surface area contributed by atoms with Crippen LogP contribution in [0.2, 0.25) is 0 Å². The summed E-state index contributed by atoms with van der Waals surface area (Å²) in [6.45, 7) is 9.92. The zero-order valence-corrected chi connectivity index (χ0v) is 21.5. The lowest BCUT2D eigenvalue weighted by atomic mass is 9.52. The van der Waals surface area contributed by atoms with Gasteiger partial charge >= 0.3 is 0 Å². The quantitative estimate of drug-likeness (QED) is 0.508. The molecule has 4 rings (SSSR count). The summed E-state index contributed by atoms with van der Waals surface area (Å²) in [5.74, 6) is 0.319. The summed E-state index contributed by atoms with van der Waals surface area (Å²) in [5, 5.41) is 31.8. The van der Waals surface area contributed by atoms with Crippen LogP contribution in [0, 0.1) is 34.5 Å². The first-order valence-corrected chi connectivity index (χ1v) is 12.8. The molecule has 3 N–H and O–H groups in total. The molecule has 4 aliphatic rings. The van der Waals surface area contributed by atoms with Crippen LogP contribution >= 0.6 is 0 Å². The fourth-order valence-electron chi connectivity index (χ4n) is 7.32. The molecule has 0 heterocycles. The third-order valence-electron chi connectivity index (χ3n) is 9.73. The van der Waals surface area contributed by atoms with Gasteiger partial charge in [0.15, 0.2) is 5.78 Å². The maximum Gasteiger partial charge on any atom is 0.156 e. The number of allylic oxidation sites excluding steroid dienone is 6. The Kier molecular flexibility index (Phi) is 6.65. The molecule has 0 saturated heterocycles. The summed E-state index contributed by atoms with van der Waals surface area (Å²) in [7, 11) is 1.76. The summed E-state index contributed by atoms with van der Waals surface area (Å²) in [6, 6.07) is 0. The maximum atomic E-state index is 12.1. The highest BCUT2D eigenvalue weighted by Crippen LogP contribution is 2.64. The molecular weight excluding hydrogens is 428 g/mol. The van der Waals surface area contributed by atoms with E-state index in [1.54, 1.807) is 27.0 Å². The van der Waals surface area contributed by atoms with Gasteiger partial charge in [0, 0.05) is 24.9 Å². The van der Waals surface area contributed by atoms with Crippen LogP contribution < -0.4 is 0 Å². The summed E-state index contributed by atoms with van der Waals surface area (Å²) in [6.07, 6.45) is 12.4. The molecule has 0 aliphatic heterocycles. The predicted octanol–water partition coefficient (Wildman–Crippen LogP) is 4.14. The average Bonchev–Trinajstić information content (AvgIpc) is 3.08. The average molecular weight is 471 g/mol. The monoisotopic (exact) mass is 470 g/mol. The molecule has 0 aromatic carbocycles. The first-order chi connectivity index (χ1) is 15.9. The van der Waals surface area contributed by atoms with Gasteiger partial charge < -0.3 is 20.1 Å². The van der Waals surface area contributed by atoms with Crippen LogP contribution in [0.3, 0.4) is 0 Å². The van der Waals surface area contributed by atoms with Crippen molar-refractivity contribution in [2.45, 2.75) is 78.1 Å². The molecule has 5 nitrogen and oxygen atoms in total. The van der Waals surface area contributed by atoms with Crippen molar-refractivity contribution in [3.05, 3.63) is 47.1 Å². The third kappa shape index (κ3) is 3.89. The number of aliphatic hydroxyl groups excluding tert-OH is 2. The van der Waals surface area contributed by atoms with Gasteiger partial charge in [0.2, 0.25) is 0 Å². The van der Waals surface area contributed by atoms with E-state index in [4.69, 9.17) is 4.74 Å². The van der Waals surface area contributed by atoms with E-state index in [0.717, 1.165) is 18.4 Å². The minimum absolute atomic E-state index is 0.0646. The van der Waals surface area contributed by atoms with Gasteiger partial charge in [-0.15, -0.1) is 0 Å². The second kappa shape index (κ2) is 8.85. The molecule has 0 spiro atoms. The molecule has 0 unspecified atom stereocenters. The van der Waals surface area contributed by atoms with E-state index in [1.807, 2.05) is 6.08 Å². The highest BCUT2D eigenvalue weighted by atomic mass is 16.5. The molecule has 4 aliphatic carbocycles. The van der Waals surface area contributed by atoms with Crippen molar-refractivity contribution in [2.75, 3.05) is 13.7 Å². The summed E-state index contributed by atoms with van der Waals surface area (Å²) >= 11 is 0. The van der Waals surface area contributed by atoms with Crippen LogP contribution in [-0.4, -0.2) is 52.6 Å². The zero-order valence-electron chi connectivity index (χ0n) is 21.5. The Hall–Kier alpha value is -1.53. The molecule has 188 valence electrons. The molecular formula is C29H42O5. The molecule has 0 bridgehead atoms. The van der Waals surface area contributed by atoms with Crippen molar-refractivity contribution in [3.8, 4) is 0 Å². The van der Waals surface area contributed by atoms with E-state index in [1.165, 1.54) is 11.1 Å². The van der Waals surface area contributed by atoms with E-state index in [2.05, 4.69) is 39.0 Å². The Labute approximate surface area is 204 Å². The number of methoxy groups -OCH3 is 1. The number of ether oxygens (including phenoxy) is 1. The second-order valence-corrected chi connectivity index (χ2v) is 12.0. The minimum Gasteiger partial charge on any atom is -0.396 e. The number of carbonyl (C=O) groups is 1. The van der Waals surface area contributed by atoms with Crippen molar-refractivity contribution in [1.29, 1.82) is 0 Å². The minimum atomic E-state index is -1.00.